The van der Waals surface area contributed by atoms with Crippen LogP contribution in [0.15, 0.2) is 48.5 Å². The Bertz CT molecular complexity index is 1220. The van der Waals surface area contributed by atoms with Crippen LogP contribution >= 0.6 is 0 Å². The molecule has 10 heteroatoms. The quantitative estimate of drug-likeness (QED) is 0.341. The Morgan fingerprint density at radius 2 is 1.73 bits per heavy atom. The number of sulfonamides is 1. The van der Waals surface area contributed by atoms with Gasteiger partial charge in [-0.15, -0.1) is 0 Å². The first-order valence-electron chi connectivity index (χ1n) is 14.2. The van der Waals surface area contributed by atoms with E-state index in [0.717, 1.165) is 38.4 Å². The summed E-state index contributed by atoms with van der Waals surface area (Å²) in [6.07, 6.45) is 7.00. The van der Waals surface area contributed by atoms with Gasteiger partial charge in [0.25, 0.3) is 0 Å². The van der Waals surface area contributed by atoms with E-state index in [2.05, 4.69) is 5.32 Å². The van der Waals surface area contributed by atoms with Crippen molar-refractivity contribution in [3.8, 4) is 5.75 Å². The van der Waals surface area contributed by atoms with Gasteiger partial charge in [0.15, 0.2) is 0 Å². The number of nitrogens with one attached hydrogen (secondary N) is 1. The number of amides is 2. The lowest BCUT2D eigenvalue weighted by Crippen LogP contribution is -2.51. The average molecular weight is 576 g/mol. The number of halogens is 1. The van der Waals surface area contributed by atoms with Crippen LogP contribution in [-0.2, 0) is 26.2 Å². The van der Waals surface area contributed by atoms with Crippen molar-refractivity contribution in [2.24, 2.45) is 0 Å². The van der Waals surface area contributed by atoms with E-state index in [1.165, 1.54) is 16.4 Å². The van der Waals surface area contributed by atoms with Gasteiger partial charge in [-0.25, -0.2) is 12.8 Å². The maximum Gasteiger partial charge on any atom is 0.243 e. The topological polar surface area (TPSA) is 96.0 Å². The van der Waals surface area contributed by atoms with Crippen molar-refractivity contribution in [3.05, 3.63) is 59.9 Å². The summed E-state index contributed by atoms with van der Waals surface area (Å²) >= 11 is 0. The summed E-state index contributed by atoms with van der Waals surface area (Å²) < 4.78 is 45.8. The van der Waals surface area contributed by atoms with E-state index in [1.54, 1.807) is 41.3 Å². The Labute approximate surface area is 237 Å². The minimum Gasteiger partial charge on any atom is -0.492 e. The van der Waals surface area contributed by atoms with Gasteiger partial charge in [0.1, 0.15) is 17.6 Å². The molecule has 1 fully saturated rings. The molecule has 1 aliphatic carbocycles. The van der Waals surface area contributed by atoms with Crippen LogP contribution < -0.4 is 14.4 Å². The number of anilines is 1. The minimum absolute atomic E-state index is 0.0389. The summed E-state index contributed by atoms with van der Waals surface area (Å²) in [4.78, 5) is 28.5. The van der Waals surface area contributed by atoms with Gasteiger partial charge in [-0.3, -0.25) is 13.9 Å². The molecule has 0 bridgehead atoms. The maximum atomic E-state index is 13.6. The highest BCUT2D eigenvalue weighted by Gasteiger charge is 2.30. The predicted molar refractivity (Wildman–Crippen MR) is 155 cm³/mol. The number of ether oxygens (including phenoxy) is 1. The van der Waals surface area contributed by atoms with Crippen molar-refractivity contribution < 1.29 is 27.1 Å². The zero-order valence-corrected chi connectivity index (χ0v) is 24.6. The SMILES string of the molecule is CCOc1ccccc1N(CCCC(=O)N(Cc1ccc(F)cc1)[C@H](CC)C(=O)NC1CCCCC1)S(C)(=O)=O. The summed E-state index contributed by atoms with van der Waals surface area (Å²) in [5.74, 6) is -0.378. The molecule has 1 saturated carbocycles. The highest BCUT2D eigenvalue weighted by molar-refractivity contribution is 7.92. The van der Waals surface area contributed by atoms with Gasteiger partial charge in [0.2, 0.25) is 21.8 Å². The number of hydrogen-bond donors (Lipinski definition) is 1. The van der Waals surface area contributed by atoms with E-state index in [9.17, 15) is 22.4 Å². The summed E-state index contributed by atoms with van der Waals surface area (Å²) in [6.45, 7) is 4.30. The molecule has 1 atom stereocenters. The fourth-order valence-corrected chi connectivity index (χ4v) is 6.14. The largest absolute Gasteiger partial charge is 0.492 e. The monoisotopic (exact) mass is 575 g/mol. The molecule has 0 unspecified atom stereocenters. The van der Waals surface area contributed by atoms with Gasteiger partial charge in [-0.1, -0.05) is 50.5 Å². The Morgan fingerprint density at radius 1 is 1.05 bits per heavy atom. The third-order valence-corrected chi connectivity index (χ3v) is 8.37. The highest BCUT2D eigenvalue weighted by atomic mass is 32.2. The molecule has 0 radical (unpaired) electrons. The Balaban J connectivity index is 1.77. The van der Waals surface area contributed by atoms with Crippen LogP contribution in [-0.4, -0.2) is 56.6 Å². The Hall–Kier alpha value is -3.14. The van der Waals surface area contributed by atoms with Gasteiger partial charge in [0, 0.05) is 25.6 Å². The van der Waals surface area contributed by atoms with Gasteiger partial charge < -0.3 is 15.0 Å². The van der Waals surface area contributed by atoms with Gasteiger partial charge in [-0.2, -0.15) is 0 Å². The van der Waals surface area contributed by atoms with Crippen molar-refractivity contribution in [3.63, 3.8) is 0 Å². The predicted octanol–water partition coefficient (Wildman–Crippen LogP) is 5.03. The van der Waals surface area contributed by atoms with Crippen LogP contribution in [0.2, 0.25) is 0 Å². The normalized spacial score (nSPS) is 14.8. The Kier molecular flexibility index (Phi) is 11.8. The zero-order chi connectivity index (χ0) is 29.1. The smallest absolute Gasteiger partial charge is 0.243 e. The summed E-state index contributed by atoms with van der Waals surface area (Å²) in [5.41, 5.74) is 1.13. The molecule has 1 aliphatic rings. The molecule has 0 spiro atoms. The molecule has 0 heterocycles. The number of nitrogens with zero attached hydrogens (tertiary/aromatic N) is 2. The van der Waals surface area contributed by atoms with Crippen molar-refractivity contribution >= 4 is 27.5 Å². The molecule has 2 aromatic carbocycles. The average Bonchev–Trinajstić information content (AvgIpc) is 2.92. The molecule has 0 saturated heterocycles. The third kappa shape index (κ3) is 8.94. The number of rotatable bonds is 14. The molecule has 1 N–H and O–H groups in total. The van der Waals surface area contributed by atoms with E-state index < -0.39 is 16.1 Å². The zero-order valence-electron chi connectivity index (χ0n) is 23.8. The molecule has 3 rings (SSSR count). The number of para-hydroxylation sites is 2. The second kappa shape index (κ2) is 15.0. The van der Waals surface area contributed by atoms with Gasteiger partial charge in [-0.05, 0) is 62.4 Å². The number of hydrogen-bond acceptors (Lipinski definition) is 5. The van der Waals surface area contributed by atoms with E-state index in [1.807, 2.05) is 13.8 Å². The Morgan fingerprint density at radius 3 is 2.35 bits per heavy atom. The molecular formula is C30H42FN3O5S. The minimum atomic E-state index is -3.65. The van der Waals surface area contributed by atoms with Crippen LogP contribution in [0.3, 0.4) is 0 Å². The standard InChI is InChI=1S/C30H42FN3O5S/c1-4-26(30(36)32-25-12-7-6-8-13-25)33(22-23-17-19-24(31)20-18-23)29(35)16-11-21-34(40(3,37)38)27-14-9-10-15-28(27)39-5-2/h9-10,14-15,17-20,25-26H,4-8,11-13,16,21-22H2,1-3H3,(H,32,36)/t26-/m1/s1. The highest BCUT2D eigenvalue weighted by Crippen LogP contribution is 2.30. The van der Waals surface area contributed by atoms with Crippen molar-refractivity contribution in [2.75, 3.05) is 23.7 Å². The van der Waals surface area contributed by atoms with Gasteiger partial charge in [0.05, 0.1) is 18.6 Å². The second-order valence-electron chi connectivity index (χ2n) is 10.3. The van der Waals surface area contributed by atoms with Crippen LogP contribution in [0.4, 0.5) is 10.1 Å². The number of benzene rings is 2. The molecular weight excluding hydrogens is 533 g/mol. The van der Waals surface area contributed by atoms with Crippen molar-refractivity contribution in [1.82, 2.24) is 10.2 Å². The van der Waals surface area contributed by atoms with Crippen molar-refractivity contribution in [1.29, 1.82) is 0 Å². The lowest BCUT2D eigenvalue weighted by atomic mass is 9.95. The van der Waals surface area contributed by atoms with Crippen LogP contribution in [0.1, 0.15) is 70.8 Å². The molecule has 2 amide bonds. The lowest BCUT2D eigenvalue weighted by molar-refractivity contribution is -0.141. The number of carbonyl (C=O) groups is 2. The molecule has 0 aromatic heterocycles. The van der Waals surface area contributed by atoms with E-state index in [4.69, 9.17) is 4.74 Å². The number of carbonyl (C=O) groups excluding carboxylic acids is 2. The first-order chi connectivity index (χ1) is 19.1. The fourth-order valence-electron chi connectivity index (χ4n) is 5.17. The molecule has 0 aliphatic heterocycles. The van der Waals surface area contributed by atoms with Crippen LogP contribution in [0, 0.1) is 5.82 Å². The van der Waals surface area contributed by atoms with Crippen LogP contribution in [0.25, 0.3) is 0 Å². The first-order valence-corrected chi connectivity index (χ1v) is 16.0. The van der Waals surface area contributed by atoms with E-state index in [-0.39, 0.29) is 49.6 Å². The third-order valence-electron chi connectivity index (χ3n) is 7.19. The summed E-state index contributed by atoms with van der Waals surface area (Å²) in [5, 5.41) is 3.14. The lowest BCUT2D eigenvalue weighted by Gasteiger charge is -2.33. The van der Waals surface area contributed by atoms with Crippen LogP contribution in [0.5, 0.6) is 5.75 Å². The summed E-state index contributed by atoms with van der Waals surface area (Å²) in [6, 6.07) is 12.2. The van der Waals surface area contributed by atoms with E-state index in [0.29, 0.717) is 30.0 Å². The first kappa shape index (κ1) is 31.4. The molecule has 40 heavy (non-hydrogen) atoms. The summed E-state index contributed by atoms with van der Waals surface area (Å²) in [7, 11) is -3.65. The van der Waals surface area contributed by atoms with Crippen molar-refractivity contribution in [2.45, 2.75) is 83.8 Å². The molecule has 2 aromatic rings. The fraction of sp³-hybridized carbons (Fsp3) is 0.533. The van der Waals surface area contributed by atoms with E-state index >= 15 is 0 Å². The maximum absolute atomic E-state index is 13.6. The molecule has 220 valence electrons. The molecule has 8 nitrogen and oxygen atoms in total. The van der Waals surface area contributed by atoms with Gasteiger partial charge >= 0.3 is 0 Å². The second-order valence-corrected chi connectivity index (χ2v) is 12.2.